The highest BCUT2D eigenvalue weighted by Gasteiger charge is 2.26. The van der Waals surface area contributed by atoms with Crippen molar-refractivity contribution in [1.29, 1.82) is 0 Å². The fourth-order valence-corrected chi connectivity index (χ4v) is 5.16. The van der Waals surface area contributed by atoms with Gasteiger partial charge in [-0.25, -0.2) is 12.8 Å². The number of ketones is 1. The van der Waals surface area contributed by atoms with E-state index in [0.29, 0.717) is 22.3 Å². The molecule has 0 bridgehead atoms. The van der Waals surface area contributed by atoms with Crippen LogP contribution in [-0.2, 0) is 26.7 Å². The van der Waals surface area contributed by atoms with Gasteiger partial charge < -0.3 is 5.11 Å². The number of rotatable bonds is 8. The van der Waals surface area contributed by atoms with Crippen molar-refractivity contribution in [3.8, 4) is 0 Å². The molecule has 0 aromatic heterocycles. The normalized spacial score (nSPS) is 12.6. The van der Waals surface area contributed by atoms with Crippen LogP contribution in [0.15, 0.2) is 35.2 Å². The van der Waals surface area contributed by atoms with Crippen LogP contribution in [0.4, 0.5) is 4.39 Å². The van der Waals surface area contributed by atoms with E-state index in [4.69, 9.17) is 11.6 Å². The first-order valence-electron chi connectivity index (χ1n) is 10.2. The Morgan fingerprint density at radius 1 is 1.03 bits per heavy atom. The molecule has 0 aliphatic heterocycles. The number of benzene rings is 2. The maximum Gasteiger partial charge on any atom is 0.185 e. The van der Waals surface area contributed by atoms with Gasteiger partial charge in [-0.15, -0.1) is 0 Å². The van der Waals surface area contributed by atoms with Gasteiger partial charge in [0.2, 0.25) is 0 Å². The molecule has 0 saturated heterocycles. The van der Waals surface area contributed by atoms with E-state index in [1.807, 2.05) is 27.7 Å². The van der Waals surface area contributed by atoms with Crippen molar-refractivity contribution in [1.82, 2.24) is 0 Å². The minimum atomic E-state index is -3.98. The Bertz CT molecular complexity index is 1050. The first kappa shape index (κ1) is 25.5. The third-order valence-electron chi connectivity index (χ3n) is 5.19. The molecule has 0 heterocycles. The molecule has 170 valence electrons. The Morgan fingerprint density at radius 3 is 2.00 bits per heavy atom. The van der Waals surface area contributed by atoms with Gasteiger partial charge in [-0.3, -0.25) is 4.79 Å². The first-order chi connectivity index (χ1) is 14.1. The highest BCUT2D eigenvalue weighted by atomic mass is 35.5. The monoisotopic (exact) mass is 468 g/mol. The molecule has 4 nitrogen and oxygen atoms in total. The fraction of sp³-hybridized carbons (Fsp3) is 0.458. The summed E-state index contributed by atoms with van der Waals surface area (Å²) >= 11 is 6.06. The van der Waals surface area contributed by atoms with Crippen LogP contribution in [0.5, 0.6) is 0 Å². The molecule has 2 rings (SSSR count). The van der Waals surface area contributed by atoms with Crippen molar-refractivity contribution < 1.29 is 22.7 Å². The fourth-order valence-electron chi connectivity index (χ4n) is 3.55. The summed E-state index contributed by atoms with van der Waals surface area (Å²) in [4.78, 5) is 12.7. The van der Waals surface area contributed by atoms with Gasteiger partial charge in [-0.1, -0.05) is 39.3 Å². The van der Waals surface area contributed by atoms with Gasteiger partial charge >= 0.3 is 0 Å². The molecule has 31 heavy (non-hydrogen) atoms. The number of hydrogen-bond acceptors (Lipinski definition) is 4. The van der Waals surface area contributed by atoms with Crippen LogP contribution in [0, 0.1) is 5.82 Å². The maximum atomic E-state index is 14.1. The molecule has 2 aromatic carbocycles. The van der Waals surface area contributed by atoms with Crippen LogP contribution in [0.2, 0.25) is 5.02 Å². The highest BCUT2D eigenvalue weighted by molar-refractivity contribution is 7.92. The van der Waals surface area contributed by atoms with E-state index >= 15 is 0 Å². The van der Waals surface area contributed by atoms with Crippen molar-refractivity contribution in [3.63, 3.8) is 0 Å². The van der Waals surface area contributed by atoms with Crippen molar-refractivity contribution in [3.05, 3.63) is 63.4 Å². The summed E-state index contributed by atoms with van der Waals surface area (Å²) in [5.41, 5.74) is 1.16. The molecule has 2 aromatic rings. The average Bonchev–Trinajstić information content (AvgIpc) is 2.60. The number of aliphatic hydroxyl groups is 1. The van der Waals surface area contributed by atoms with E-state index in [0.717, 1.165) is 0 Å². The Kier molecular flexibility index (Phi) is 7.72. The largest absolute Gasteiger partial charge is 0.386 e. The molecule has 0 amide bonds. The van der Waals surface area contributed by atoms with Crippen LogP contribution in [0.3, 0.4) is 0 Å². The Labute approximate surface area is 189 Å². The van der Waals surface area contributed by atoms with E-state index in [9.17, 15) is 22.7 Å². The Hall–Kier alpha value is -1.76. The van der Waals surface area contributed by atoms with Crippen LogP contribution >= 0.6 is 11.6 Å². The van der Waals surface area contributed by atoms with E-state index in [1.165, 1.54) is 44.2 Å². The smallest absolute Gasteiger partial charge is 0.185 e. The predicted molar refractivity (Wildman–Crippen MR) is 122 cm³/mol. The second kappa shape index (κ2) is 9.39. The lowest BCUT2D eigenvalue weighted by Gasteiger charge is -2.20. The van der Waals surface area contributed by atoms with Gasteiger partial charge in [0.25, 0.3) is 0 Å². The van der Waals surface area contributed by atoms with E-state index in [1.54, 1.807) is 0 Å². The van der Waals surface area contributed by atoms with Gasteiger partial charge in [0.05, 0.1) is 10.5 Å². The number of carbonyl (C=O) groups is 1. The van der Waals surface area contributed by atoms with Gasteiger partial charge in [-0.05, 0) is 78.3 Å². The van der Waals surface area contributed by atoms with E-state index in [2.05, 4.69) is 0 Å². The average molecular weight is 469 g/mol. The Morgan fingerprint density at radius 2 is 1.55 bits per heavy atom. The zero-order valence-electron chi connectivity index (χ0n) is 18.8. The molecule has 1 N–H and O–H groups in total. The van der Waals surface area contributed by atoms with Crippen LogP contribution in [0.25, 0.3) is 0 Å². The van der Waals surface area contributed by atoms with E-state index < -0.39 is 27.0 Å². The molecular formula is C24H30ClFO4S. The first-order valence-corrected chi connectivity index (χ1v) is 12.2. The van der Waals surface area contributed by atoms with Crippen molar-refractivity contribution >= 4 is 27.2 Å². The van der Waals surface area contributed by atoms with Gasteiger partial charge in [0.15, 0.2) is 15.6 Å². The highest BCUT2D eigenvalue weighted by Crippen LogP contribution is 2.31. The Balaban J connectivity index is 2.40. The molecule has 0 saturated carbocycles. The number of Topliss-reactive ketones (excluding diaryl/α,β-unsaturated/α-hetero) is 1. The summed E-state index contributed by atoms with van der Waals surface area (Å²) in [6.45, 7) is 10.7. The zero-order chi connectivity index (χ0) is 23.7. The van der Waals surface area contributed by atoms with Gasteiger partial charge in [-0.2, -0.15) is 0 Å². The summed E-state index contributed by atoms with van der Waals surface area (Å²) < 4.78 is 40.0. The van der Waals surface area contributed by atoms with Gasteiger partial charge in [0.1, 0.15) is 11.6 Å². The lowest BCUT2D eigenvalue weighted by Crippen LogP contribution is -2.21. The number of carbonyl (C=O) groups excluding carboxylic acids is 1. The van der Waals surface area contributed by atoms with Crippen LogP contribution in [0.1, 0.15) is 75.6 Å². The summed E-state index contributed by atoms with van der Waals surface area (Å²) in [7, 11) is -3.98. The third kappa shape index (κ3) is 6.37. The third-order valence-corrected chi connectivity index (χ3v) is 7.06. The molecule has 0 unspecified atom stereocenters. The number of sulfone groups is 1. The molecule has 0 radical (unpaired) electrons. The molecule has 0 fully saturated rings. The lowest BCUT2D eigenvalue weighted by molar-refractivity contribution is -0.116. The number of hydrogen-bond donors (Lipinski definition) is 1. The van der Waals surface area contributed by atoms with Crippen molar-refractivity contribution in [2.24, 2.45) is 0 Å². The minimum absolute atomic E-state index is 0.0186. The molecule has 7 heteroatoms. The second-order valence-corrected chi connectivity index (χ2v) is 11.5. The van der Waals surface area contributed by atoms with Gasteiger partial charge in [0, 0.05) is 11.4 Å². The summed E-state index contributed by atoms with van der Waals surface area (Å²) in [5.74, 6) is -1.59. The van der Waals surface area contributed by atoms with Crippen LogP contribution in [-0.4, -0.2) is 25.1 Å². The SMILES string of the molecule is CC(C)c1cc(F)cc(C(C)C)c1CC(=O)CS(=O)(=O)c1cc(Cl)cc(C(C)(C)O)c1. The molecule has 0 spiro atoms. The van der Waals surface area contributed by atoms with Crippen LogP contribution < -0.4 is 0 Å². The second-order valence-electron chi connectivity index (χ2n) is 9.08. The molecule has 0 atom stereocenters. The van der Waals surface area contributed by atoms with E-state index in [-0.39, 0.29) is 34.0 Å². The van der Waals surface area contributed by atoms with Crippen molar-refractivity contribution in [2.75, 3.05) is 5.75 Å². The quantitative estimate of drug-likeness (QED) is 0.552. The minimum Gasteiger partial charge on any atom is -0.386 e. The topological polar surface area (TPSA) is 71.4 Å². The summed E-state index contributed by atoms with van der Waals surface area (Å²) in [6.07, 6.45) is -0.0978. The maximum absolute atomic E-state index is 14.1. The summed E-state index contributed by atoms with van der Waals surface area (Å²) in [6, 6.07) is 6.94. The molecule has 0 aliphatic rings. The summed E-state index contributed by atoms with van der Waals surface area (Å²) in [5, 5.41) is 10.4. The standard InChI is InChI=1S/C24H30ClFO4S/c1-14(2)21-10-18(26)11-22(15(3)4)23(21)12-19(27)13-31(29,30)20-8-16(24(5,6)28)7-17(25)9-20/h7-11,14-15,28H,12-13H2,1-6H3. The van der Waals surface area contributed by atoms with Crippen molar-refractivity contribution in [2.45, 2.75) is 70.3 Å². The predicted octanol–water partition coefficient (Wildman–Crippen LogP) is 5.54. The molecular weight excluding hydrogens is 439 g/mol. The zero-order valence-corrected chi connectivity index (χ0v) is 20.4. The molecule has 0 aliphatic carbocycles. The number of halogens is 2. The lowest BCUT2D eigenvalue weighted by atomic mass is 9.86.